The molecule has 2 heterocycles. The van der Waals surface area contributed by atoms with E-state index in [9.17, 15) is 4.79 Å². The number of nitrogens with one attached hydrogen (secondary N) is 1. The number of rotatable bonds is 2. The summed E-state index contributed by atoms with van der Waals surface area (Å²) in [5.74, 6) is 0. The van der Waals surface area contributed by atoms with Gasteiger partial charge in [-0.1, -0.05) is 11.6 Å². The zero-order chi connectivity index (χ0) is 15.6. The largest absolute Gasteiger partial charge is 0.444 e. The molecule has 1 aromatic rings. The van der Waals surface area contributed by atoms with Crippen molar-refractivity contribution in [2.75, 3.05) is 18.4 Å². The number of likely N-dealkylation sites (tertiary alicyclic amines) is 1. The molecule has 0 saturated carbocycles. The Hall–Kier alpha value is -1.49. The minimum absolute atomic E-state index is 0.165. The summed E-state index contributed by atoms with van der Waals surface area (Å²) in [7, 11) is 0. The van der Waals surface area contributed by atoms with Crippen LogP contribution in [0.15, 0.2) is 12.3 Å². The van der Waals surface area contributed by atoms with Crippen LogP contribution in [0, 0.1) is 6.92 Å². The number of anilines is 1. The average molecular weight is 312 g/mol. The smallest absolute Gasteiger partial charge is 0.410 e. The van der Waals surface area contributed by atoms with E-state index in [0.717, 1.165) is 17.7 Å². The summed E-state index contributed by atoms with van der Waals surface area (Å²) < 4.78 is 5.38. The number of ether oxygens (including phenoxy) is 1. The Kier molecular flexibility index (Phi) is 4.61. The van der Waals surface area contributed by atoms with Crippen molar-refractivity contribution in [2.24, 2.45) is 0 Å². The molecular weight excluding hydrogens is 290 g/mol. The number of amides is 1. The normalized spacial score (nSPS) is 18.7. The lowest BCUT2D eigenvalue weighted by molar-refractivity contribution is 0.0293. The molecule has 1 saturated heterocycles. The van der Waals surface area contributed by atoms with Crippen molar-refractivity contribution in [1.82, 2.24) is 9.88 Å². The van der Waals surface area contributed by atoms with Crippen LogP contribution < -0.4 is 5.32 Å². The van der Waals surface area contributed by atoms with Crippen molar-refractivity contribution in [2.45, 2.75) is 45.8 Å². The van der Waals surface area contributed by atoms with Gasteiger partial charge in [-0.3, -0.25) is 0 Å². The van der Waals surface area contributed by atoms with Crippen LogP contribution in [-0.4, -0.2) is 40.7 Å². The fourth-order valence-corrected chi connectivity index (χ4v) is 2.40. The van der Waals surface area contributed by atoms with E-state index in [1.54, 1.807) is 11.1 Å². The highest BCUT2D eigenvalue weighted by Crippen LogP contribution is 2.24. The van der Waals surface area contributed by atoms with E-state index in [1.807, 2.05) is 33.8 Å². The number of hydrogen-bond acceptors (Lipinski definition) is 4. The van der Waals surface area contributed by atoms with Gasteiger partial charge in [0, 0.05) is 25.3 Å². The number of hydrogen-bond donors (Lipinski definition) is 1. The Bertz CT molecular complexity index is 528. The molecule has 0 aliphatic carbocycles. The predicted octanol–water partition coefficient (Wildman–Crippen LogP) is 3.46. The van der Waals surface area contributed by atoms with Crippen molar-refractivity contribution in [3.05, 3.63) is 23.0 Å². The van der Waals surface area contributed by atoms with Crippen molar-refractivity contribution < 1.29 is 9.53 Å². The molecule has 116 valence electrons. The maximum Gasteiger partial charge on any atom is 0.410 e. The van der Waals surface area contributed by atoms with E-state index >= 15 is 0 Å². The van der Waals surface area contributed by atoms with Crippen LogP contribution in [0.4, 0.5) is 10.5 Å². The number of nitrogens with zero attached hydrogens (tertiary/aromatic N) is 2. The first kappa shape index (κ1) is 15.9. The lowest BCUT2D eigenvalue weighted by Gasteiger charge is -2.24. The first-order valence-electron chi connectivity index (χ1n) is 7.11. The van der Waals surface area contributed by atoms with Crippen LogP contribution in [0.25, 0.3) is 0 Å². The van der Waals surface area contributed by atoms with Crippen molar-refractivity contribution in [3.63, 3.8) is 0 Å². The molecule has 1 atom stereocenters. The molecular formula is C15H22ClN3O2. The van der Waals surface area contributed by atoms with E-state index in [-0.39, 0.29) is 12.1 Å². The van der Waals surface area contributed by atoms with Gasteiger partial charge in [0.05, 0.1) is 5.69 Å². The van der Waals surface area contributed by atoms with Crippen LogP contribution in [0.5, 0.6) is 0 Å². The molecule has 1 N–H and O–H groups in total. The number of aryl methyl sites for hydroxylation is 1. The summed E-state index contributed by atoms with van der Waals surface area (Å²) in [4.78, 5) is 17.9. The summed E-state index contributed by atoms with van der Waals surface area (Å²) in [6.07, 6.45) is 2.33. The zero-order valence-corrected chi connectivity index (χ0v) is 13.7. The first-order valence-corrected chi connectivity index (χ1v) is 7.49. The van der Waals surface area contributed by atoms with Crippen LogP contribution in [0.2, 0.25) is 5.15 Å². The molecule has 0 radical (unpaired) electrons. The highest BCUT2D eigenvalue weighted by Gasteiger charge is 2.30. The topological polar surface area (TPSA) is 54.5 Å². The molecule has 21 heavy (non-hydrogen) atoms. The summed E-state index contributed by atoms with van der Waals surface area (Å²) in [5, 5.41) is 3.81. The maximum atomic E-state index is 12.0. The van der Waals surface area contributed by atoms with Gasteiger partial charge in [0.1, 0.15) is 5.60 Å². The molecule has 1 aliphatic heterocycles. The second-order valence-electron chi connectivity index (χ2n) is 6.41. The SMILES string of the molecule is Cc1cnc(Cl)c(NC2CCN(C(=O)OC(C)(C)C)C2)c1. The van der Waals surface area contributed by atoms with Gasteiger partial charge in [0.15, 0.2) is 5.15 Å². The van der Waals surface area contributed by atoms with Gasteiger partial charge in [-0.15, -0.1) is 0 Å². The fraction of sp³-hybridized carbons (Fsp3) is 0.600. The Morgan fingerprint density at radius 2 is 2.24 bits per heavy atom. The summed E-state index contributed by atoms with van der Waals surface area (Å²) >= 11 is 6.08. The van der Waals surface area contributed by atoms with Gasteiger partial charge >= 0.3 is 6.09 Å². The Morgan fingerprint density at radius 1 is 1.52 bits per heavy atom. The summed E-state index contributed by atoms with van der Waals surface area (Å²) in [6, 6.07) is 2.13. The standard InChI is InChI=1S/C15H22ClN3O2/c1-10-7-12(13(16)17-8-10)18-11-5-6-19(9-11)14(20)21-15(2,3)4/h7-8,11,18H,5-6,9H2,1-4H3. The van der Waals surface area contributed by atoms with Crippen LogP contribution in [-0.2, 0) is 4.74 Å². The quantitative estimate of drug-likeness (QED) is 0.850. The van der Waals surface area contributed by atoms with E-state index < -0.39 is 5.60 Å². The van der Waals surface area contributed by atoms with Gasteiger partial charge in [-0.25, -0.2) is 9.78 Å². The third-order valence-corrected chi connectivity index (χ3v) is 3.48. The second-order valence-corrected chi connectivity index (χ2v) is 6.77. The van der Waals surface area contributed by atoms with E-state index in [0.29, 0.717) is 18.2 Å². The Labute approximate surface area is 130 Å². The van der Waals surface area contributed by atoms with Gasteiger partial charge in [-0.05, 0) is 45.7 Å². The van der Waals surface area contributed by atoms with E-state index in [4.69, 9.17) is 16.3 Å². The van der Waals surface area contributed by atoms with Gasteiger partial charge in [0.2, 0.25) is 0 Å². The minimum atomic E-state index is -0.466. The van der Waals surface area contributed by atoms with E-state index in [2.05, 4.69) is 10.3 Å². The average Bonchev–Trinajstić information content (AvgIpc) is 2.80. The van der Waals surface area contributed by atoms with Gasteiger partial charge < -0.3 is 15.0 Å². The monoisotopic (exact) mass is 311 g/mol. The van der Waals surface area contributed by atoms with Crippen molar-refractivity contribution in [3.8, 4) is 0 Å². The number of carbonyl (C=O) groups excluding carboxylic acids is 1. The zero-order valence-electron chi connectivity index (χ0n) is 12.9. The van der Waals surface area contributed by atoms with Crippen molar-refractivity contribution in [1.29, 1.82) is 0 Å². The molecule has 0 aromatic carbocycles. The number of pyridine rings is 1. The van der Waals surface area contributed by atoms with Crippen LogP contribution in [0.3, 0.4) is 0 Å². The molecule has 1 aliphatic rings. The lowest BCUT2D eigenvalue weighted by atomic mass is 10.2. The van der Waals surface area contributed by atoms with E-state index in [1.165, 1.54) is 0 Å². The molecule has 2 rings (SSSR count). The molecule has 5 nitrogen and oxygen atoms in total. The van der Waals surface area contributed by atoms with Gasteiger partial charge in [-0.2, -0.15) is 0 Å². The molecule has 1 unspecified atom stereocenters. The highest BCUT2D eigenvalue weighted by molar-refractivity contribution is 6.32. The third kappa shape index (κ3) is 4.49. The summed E-state index contributed by atoms with van der Waals surface area (Å²) in [6.45, 7) is 8.87. The third-order valence-electron chi connectivity index (χ3n) is 3.18. The highest BCUT2D eigenvalue weighted by atomic mass is 35.5. The molecule has 1 amide bonds. The second kappa shape index (κ2) is 6.10. The Balaban J connectivity index is 1.93. The minimum Gasteiger partial charge on any atom is -0.444 e. The maximum absolute atomic E-state index is 12.0. The Morgan fingerprint density at radius 3 is 2.90 bits per heavy atom. The summed E-state index contributed by atoms with van der Waals surface area (Å²) in [5.41, 5.74) is 1.39. The van der Waals surface area contributed by atoms with Crippen LogP contribution in [0.1, 0.15) is 32.8 Å². The molecule has 1 fully saturated rings. The molecule has 0 bridgehead atoms. The van der Waals surface area contributed by atoms with Gasteiger partial charge in [0.25, 0.3) is 0 Å². The molecule has 1 aromatic heterocycles. The molecule has 6 heteroatoms. The molecule has 0 spiro atoms. The first-order chi connectivity index (χ1) is 9.74. The van der Waals surface area contributed by atoms with Crippen LogP contribution >= 0.6 is 11.6 Å². The predicted molar refractivity (Wildman–Crippen MR) is 83.8 cm³/mol. The number of aromatic nitrogens is 1. The fourth-order valence-electron chi connectivity index (χ4n) is 2.24. The lowest BCUT2D eigenvalue weighted by Crippen LogP contribution is -2.36. The van der Waals surface area contributed by atoms with Crippen molar-refractivity contribution >= 4 is 23.4 Å². The number of halogens is 1. The number of carbonyl (C=O) groups is 1.